The first-order valence-electron chi connectivity index (χ1n) is 8.78. The lowest BCUT2D eigenvalue weighted by Gasteiger charge is -2.32. The van der Waals surface area contributed by atoms with Crippen molar-refractivity contribution in [3.8, 4) is 5.75 Å². The van der Waals surface area contributed by atoms with E-state index in [0.29, 0.717) is 13.1 Å². The molecule has 0 unspecified atom stereocenters. The van der Waals surface area contributed by atoms with Crippen LogP contribution in [0.1, 0.15) is 23.1 Å². The first kappa shape index (κ1) is 17.3. The quantitative estimate of drug-likeness (QED) is 0.837. The summed E-state index contributed by atoms with van der Waals surface area (Å²) >= 11 is 0. The lowest BCUT2D eigenvalue weighted by atomic mass is 9.99. The molecule has 0 aliphatic carbocycles. The van der Waals surface area contributed by atoms with E-state index < -0.39 is 0 Å². The number of methoxy groups -OCH3 is 1. The SMILES string of the molecule is COc1ccc(CN(C)C(=O)CN2CCCc3cc(C)ccc32)cc1. The number of rotatable bonds is 5. The topological polar surface area (TPSA) is 32.8 Å². The predicted octanol–water partition coefficient (Wildman–Crippen LogP) is 3.41. The predicted molar refractivity (Wildman–Crippen MR) is 101 cm³/mol. The maximum absolute atomic E-state index is 12.7. The summed E-state index contributed by atoms with van der Waals surface area (Å²) in [6, 6.07) is 14.4. The van der Waals surface area contributed by atoms with Crippen molar-refractivity contribution in [3.05, 3.63) is 59.2 Å². The van der Waals surface area contributed by atoms with E-state index in [2.05, 4.69) is 30.0 Å². The van der Waals surface area contributed by atoms with E-state index in [-0.39, 0.29) is 5.91 Å². The molecule has 1 heterocycles. The molecule has 0 fully saturated rings. The number of ether oxygens (including phenoxy) is 1. The average Bonchev–Trinajstić information content (AvgIpc) is 2.62. The first-order valence-corrected chi connectivity index (χ1v) is 8.78. The Morgan fingerprint density at radius 2 is 1.96 bits per heavy atom. The molecule has 0 radical (unpaired) electrons. The van der Waals surface area contributed by atoms with Gasteiger partial charge in [0.2, 0.25) is 5.91 Å². The van der Waals surface area contributed by atoms with Crippen LogP contribution in [0.5, 0.6) is 5.75 Å². The van der Waals surface area contributed by atoms with Gasteiger partial charge < -0.3 is 14.5 Å². The molecule has 1 amide bonds. The third-order valence-corrected chi connectivity index (χ3v) is 4.78. The number of hydrogen-bond acceptors (Lipinski definition) is 3. The Morgan fingerprint density at radius 3 is 2.68 bits per heavy atom. The molecule has 3 rings (SSSR count). The van der Waals surface area contributed by atoms with Gasteiger partial charge in [-0.1, -0.05) is 29.8 Å². The normalized spacial score (nSPS) is 13.3. The van der Waals surface area contributed by atoms with E-state index >= 15 is 0 Å². The van der Waals surface area contributed by atoms with Gasteiger partial charge in [-0.15, -0.1) is 0 Å². The van der Waals surface area contributed by atoms with Gasteiger partial charge in [0.05, 0.1) is 13.7 Å². The molecule has 0 atom stereocenters. The van der Waals surface area contributed by atoms with Gasteiger partial charge in [-0.05, 0) is 49.1 Å². The highest BCUT2D eigenvalue weighted by Crippen LogP contribution is 2.27. The van der Waals surface area contributed by atoms with Crippen LogP contribution in [0, 0.1) is 6.92 Å². The number of fused-ring (bicyclic) bond motifs is 1. The average molecular weight is 338 g/mol. The van der Waals surface area contributed by atoms with Crippen molar-refractivity contribution in [2.24, 2.45) is 0 Å². The molecule has 25 heavy (non-hydrogen) atoms. The molecule has 0 spiro atoms. The zero-order valence-corrected chi connectivity index (χ0v) is 15.3. The highest BCUT2D eigenvalue weighted by atomic mass is 16.5. The van der Waals surface area contributed by atoms with Gasteiger partial charge in [-0.25, -0.2) is 0 Å². The molecule has 1 aliphatic rings. The summed E-state index contributed by atoms with van der Waals surface area (Å²) < 4.78 is 5.18. The minimum absolute atomic E-state index is 0.143. The van der Waals surface area contributed by atoms with E-state index in [9.17, 15) is 4.79 Å². The molecule has 0 N–H and O–H groups in total. The summed E-state index contributed by atoms with van der Waals surface area (Å²) in [5, 5.41) is 0. The van der Waals surface area contributed by atoms with E-state index in [4.69, 9.17) is 4.74 Å². The van der Waals surface area contributed by atoms with Crippen molar-refractivity contribution in [3.63, 3.8) is 0 Å². The second-order valence-electron chi connectivity index (χ2n) is 6.76. The number of nitrogens with zero attached hydrogens (tertiary/aromatic N) is 2. The highest BCUT2D eigenvalue weighted by molar-refractivity contribution is 5.82. The first-order chi connectivity index (χ1) is 12.1. The van der Waals surface area contributed by atoms with Crippen LogP contribution in [-0.4, -0.2) is 38.1 Å². The van der Waals surface area contributed by atoms with Gasteiger partial charge in [0.25, 0.3) is 0 Å². The summed E-state index contributed by atoms with van der Waals surface area (Å²) in [7, 11) is 3.52. The fourth-order valence-electron chi connectivity index (χ4n) is 3.35. The van der Waals surface area contributed by atoms with Crippen LogP contribution < -0.4 is 9.64 Å². The van der Waals surface area contributed by atoms with Gasteiger partial charge in [0, 0.05) is 25.8 Å². The number of likely N-dealkylation sites (N-methyl/N-ethyl adjacent to an activating group) is 1. The monoisotopic (exact) mass is 338 g/mol. The number of benzene rings is 2. The molecular weight excluding hydrogens is 312 g/mol. The number of anilines is 1. The van der Waals surface area contributed by atoms with Gasteiger partial charge in [-0.2, -0.15) is 0 Å². The summed E-state index contributed by atoms with van der Waals surface area (Å²) in [5.41, 5.74) is 4.95. The van der Waals surface area contributed by atoms with Crippen LogP contribution in [-0.2, 0) is 17.8 Å². The minimum atomic E-state index is 0.143. The molecule has 0 saturated carbocycles. The highest BCUT2D eigenvalue weighted by Gasteiger charge is 2.20. The molecule has 0 bridgehead atoms. The molecule has 2 aromatic rings. The van der Waals surface area contributed by atoms with Crippen molar-refractivity contribution in [2.45, 2.75) is 26.3 Å². The fraction of sp³-hybridized carbons (Fsp3) is 0.381. The largest absolute Gasteiger partial charge is 0.497 e. The van der Waals surface area contributed by atoms with Crippen molar-refractivity contribution in [1.29, 1.82) is 0 Å². The van der Waals surface area contributed by atoms with Gasteiger partial charge >= 0.3 is 0 Å². The molecular formula is C21H26N2O2. The Kier molecular flexibility index (Phi) is 5.27. The van der Waals surface area contributed by atoms with Crippen molar-refractivity contribution in [1.82, 2.24) is 4.90 Å². The van der Waals surface area contributed by atoms with E-state index in [0.717, 1.165) is 30.7 Å². The Balaban J connectivity index is 1.64. The van der Waals surface area contributed by atoms with Crippen LogP contribution in [0.15, 0.2) is 42.5 Å². The molecule has 0 aromatic heterocycles. The fourth-order valence-corrected chi connectivity index (χ4v) is 3.35. The molecule has 132 valence electrons. The Bertz CT molecular complexity index is 740. The van der Waals surface area contributed by atoms with E-state index in [1.807, 2.05) is 31.3 Å². The van der Waals surface area contributed by atoms with Crippen molar-refractivity contribution in [2.75, 3.05) is 32.1 Å². The summed E-state index contributed by atoms with van der Waals surface area (Å²) in [6.45, 7) is 4.10. The third-order valence-electron chi connectivity index (χ3n) is 4.78. The number of carbonyl (C=O) groups is 1. The number of amides is 1. The second-order valence-corrected chi connectivity index (χ2v) is 6.76. The van der Waals surface area contributed by atoms with Crippen LogP contribution in [0.3, 0.4) is 0 Å². The third kappa shape index (κ3) is 4.13. The van der Waals surface area contributed by atoms with Crippen LogP contribution in [0.2, 0.25) is 0 Å². The standard InChI is InChI=1S/C21H26N2O2/c1-16-6-11-20-18(13-16)5-4-12-23(20)15-21(24)22(2)14-17-7-9-19(25-3)10-8-17/h6-11,13H,4-5,12,14-15H2,1-3H3. The summed E-state index contributed by atoms with van der Waals surface area (Å²) in [6.07, 6.45) is 2.20. The lowest BCUT2D eigenvalue weighted by Crippen LogP contribution is -2.40. The molecule has 4 nitrogen and oxygen atoms in total. The molecule has 0 saturated heterocycles. The van der Waals surface area contributed by atoms with Gasteiger partial charge in [0.1, 0.15) is 5.75 Å². The zero-order chi connectivity index (χ0) is 17.8. The maximum Gasteiger partial charge on any atom is 0.242 e. The Morgan fingerprint density at radius 1 is 1.20 bits per heavy atom. The molecule has 2 aromatic carbocycles. The summed E-state index contributed by atoms with van der Waals surface area (Å²) in [5.74, 6) is 0.974. The number of aryl methyl sites for hydroxylation is 2. The smallest absolute Gasteiger partial charge is 0.242 e. The van der Waals surface area contributed by atoms with Crippen LogP contribution in [0.25, 0.3) is 0 Å². The second kappa shape index (κ2) is 7.60. The van der Waals surface area contributed by atoms with Crippen molar-refractivity contribution < 1.29 is 9.53 Å². The lowest BCUT2D eigenvalue weighted by molar-refractivity contribution is -0.128. The van der Waals surface area contributed by atoms with Crippen LogP contribution >= 0.6 is 0 Å². The summed E-state index contributed by atoms with van der Waals surface area (Å²) in [4.78, 5) is 16.7. The number of carbonyl (C=O) groups excluding carboxylic acids is 1. The number of hydrogen-bond donors (Lipinski definition) is 0. The van der Waals surface area contributed by atoms with E-state index in [1.165, 1.54) is 16.8 Å². The minimum Gasteiger partial charge on any atom is -0.497 e. The molecule has 4 heteroatoms. The van der Waals surface area contributed by atoms with Crippen LogP contribution in [0.4, 0.5) is 5.69 Å². The van der Waals surface area contributed by atoms with Gasteiger partial charge in [0.15, 0.2) is 0 Å². The van der Waals surface area contributed by atoms with Crippen molar-refractivity contribution >= 4 is 11.6 Å². The zero-order valence-electron chi connectivity index (χ0n) is 15.3. The maximum atomic E-state index is 12.7. The van der Waals surface area contributed by atoms with Gasteiger partial charge in [-0.3, -0.25) is 4.79 Å². The Hall–Kier alpha value is -2.49. The Labute approximate surface area is 150 Å². The van der Waals surface area contributed by atoms with E-state index in [1.54, 1.807) is 12.0 Å². The molecule has 1 aliphatic heterocycles.